The zero-order chi connectivity index (χ0) is 8.69. The Kier molecular flexibility index (Phi) is 5.17. The van der Waals surface area contributed by atoms with Crippen LogP contribution in [0.4, 0.5) is 0 Å². The molecular weight excluding hydrogens is 138 g/mol. The van der Waals surface area contributed by atoms with E-state index in [1.165, 1.54) is 6.92 Å². The molecular formula is C9H15NO. The van der Waals surface area contributed by atoms with Gasteiger partial charge in [0.2, 0.25) is 5.91 Å². The Morgan fingerprint density at radius 2 is 2.09 bits per heavy atom. The van der Waals surface area contributed by atoms with Gasteiger partial charge in [0.25, 0.3) is 0 Å². The highest BCUT2D eigenvalue weighted by atomic mass is 16.1. The van der Waals surface area contributed by atoms with Gasteiger partial charge >= 0.3 is 0 Å². The standard InChI is InChI=1S/C9H15NO/c1-4-6-9(5-2)7-10-8(3)11/h4-6H,7H2,1-3H3,(H,10,11)/b6-4-,9-5+. The third-order valence-electron chi connectivity index (χ3n) is 1.29. The summed E-state index contributed by atoms with van der Waals surface area (Å²) in [6.07, 6.45) is 5.92. The first-order valence-electron chi connectivity index (χ1n) is 3.73. The SMILES string of the molecule is C/C=C\C(=C/C)CNC(C)=O. The Hall–Kier alpha value is -1.05. The van der Waals surface area contributed by atoms with E-state index in [1.807, 2.05) is 32.1 Å². The number of rotatable bonds is 3. The van der Waals surface area contributed by atoms with Crippen molar-refractivity contribution in [3.05, 3.63) is 23.8 Å². The molecule has 1 N–H and O–H groups in total. The van der Waals surface area contributed by atoms with Gasteiger partial charge in [0.15, 0.2) is 0 Å². The van der Waals surface area contributed by atoms with E-state index < -0.39 is 0 Å². The summed E-state index contributed by atoms with van der Waals surface area (Å²) in [6, 6.07) is 0. The van der Waals surface area contributed by atoms with Gasteiger partial charge < -0.3 is 5.32 Å². The Bertz CT molecular complexity index is 180. The maximum absolute atomic E-state index is 10.5. The Morgan fingerprint density at radius 3 is 2.45 bits per heavy atom. The molecule has 1 amide bonds. The van der Waals surface area contributed by atoms with E-state index in [4.69, 9.17) is 0 Å². The predicted octanol–water partition coefficient (Wildman–Crippen LogP) is 1.64. The minimum Gasteiger partial charge on any atom is -0.352 e. The van der Waals surface area contributed by atoms with E-state index in [0.29, 0.717) is 6.54 Å². The van der Waals surface area contributed by atoms with Crippen LogP contribution in [0, 0.1) is 0 Å². The van der Waals surface area contributed by atoms with Gasteiger partial charge in [-0.1, -0.05) is 18.2 Å². The zero-order valence-electron chi connectivity index (χ0n) is 7.35. The normalized spacial score (nSPS) is 12.1. The maximum atomic E-state index is 10.5. The second-order valence-electron chi connectivity index (χ2n) is 2.27. The van der Waals surface area contributed by atoms with E-state index in [-0.39, 0.29) is 5.91 Å². The van der Waals surface area contributed by atoms with Gasteiger partial charge in [-0.25, -0.2) is 0 Å². The lowest BCUT2D eigenvalue weighted by atomic mass is 10.2. The van der Waals surface area contributed by atoms with Gasteiger partial charge in [-0.2, -0.15) is 0 Å². The molecule has 0 bridgehead atoms. The zero-order valence-corrected chi connectivity index (χ0v) is 7.35. The number of amides is 1. The van der Waals surface area contributed by atoms with Gasteiger partial charge in [0.05, 0.1) is 0 Å². The van der Waals surface area contributed by atoms with Crippen LogP contribution in [0.25, 0.3) is 0 Å². The van der Waals surface area contributed by atoms with E-state index in [9.17, 15) is 4.79 Å². The van der Waals surface area contributed by atoms with Gasteiger partial charge in [0, 0.05) is 13.5 Å². The van der Waals surface area contributed by atoms with Crippen molar-refractivity contribution in [2.24, 2.45) is 0 Å². The molecule has 2 nitrogen and oxygen atoms in total. The van der Waals surface area contributed by atoms with E-state index >= 15 is 0 Å². The fraction of sp³-hybridized carbons (Fsp3) is 0.444. The average molecular weight is 153 g/mol. The highest BCUT2D eigenvalue weighted by molar-refractivity contribution is 5.73. The van der Waals surface area contributed by atoms with Crippen LogP contribution in [0.15, 0.2) is 23.8 Å². The van der Waals surface area contributed by atoms with Gasteiger partial charge in [-0.05, 0) is 19.4 Å². The van der Waals surface area contributed by atoms with E-state index in [2.05, 4.69) is 5.32 Å². The van der Waals surface area contributed by atoms with Crippen molar-refractivity contribution in [2.45, 2.75) is 20.8 Å². The molecule has 0 rings (SSSR count). The van der Waals surface area contributed by atoms with Crippen molar-refractivity contribution in [3.8, 4) is 0 Å². The second-order valence-corrected chi connectivity index (χ2v) is 2.27. The number of carbonyl (C=O) groups is 1. The summed E-state index contributed by atoms with van der Waals surface area (Å²) in [5, 5.41) is 2.72. The van der Waals surface area contributed by atoms with Crippen LogP contribution < -0.4 is 5.32 Å². The van der Waals surface area contributed by atoms with Crippen LogP contribution >= 0.6 is 0 Å². The van der Waals surface area contributed by atoms with Crippen molar-refractivity contribution in [1.29, 1.82) is 0 Å². The molecule has 0 aromatic carbocycles. The number of allylic oxidation sites excluding steroid dienone is 2. The highest BCUT2D eigenvalue weighted by Crippen LogP contribution is 1.93. The molecule has 0 aliphatic rings. The van der Waals surface area contributed by atoms with Crippen molar-refractivity contribution in [2.75, 3.05) is 6.54 Å². The Labute approximate surface area is 68.0 Å². The molecule has 0 unspecified atom stereocenters. The molecule has 2 heteroatoms. The molecule has 0 saturated heterocycles. The Balaban J connectivity index is 3.81. The first-order valence-corrected chi connectivity index (χ1v) is 3.73. The van der Waals surface area contributed by atoms with Crippen LogP contribution in [0.5, 0.6) is 0 Å². The molecule has 0 aromatic heterocycles. The first kappa shape index (κ1) is 9.95. The summed E-state index contributed by atoms with van der Waals surface area (Å²) in [7, 11) is 0. The quantitative estimate of drug-likeness (QED) is 0.614. The lowest BCUT2D eigenvalue weighted by Gasteiger charge is -2.01. The lowest BCUT2D eigenvalue weighted by Crippen LogP contribution is -2.21. The molecule has 0 heterocycles. The van der Waals surface area contributed by atoms with Crippen molar-refractivity contribution >= 4 is 5.91 Å². The number of nitrogens with one attached hydrogen (secondary N) is 1. The van der Waals surface area contributed by atoms with Crippen LogP contribution in [0.3, 0.4) is 0 Å². The number of hydrogen-bond acceptors (Lipinski definition) is 1. The monoisotopic (exact) mass is 153 g/mol. The smallest absolute Gasteiger partial charge is 0.217 e. The topological polar surface area (TPSA) is 29.1 Å². The molecule has 11 heavy (non-hydrogen) atoms. The summed E-state index contributed by atoms with van der Waals surface area (Å²) >= 11 is 0. The second kappa shape index (κ2) is 5.71. The fourth-order valence-electron chi connectivity index (χ4n) is 0.698. The lowest BCUT2D eigenvalue weighted by molar-refractivity contribution is -0.118. The maximum Gasteiger partial charge on any atom is 0.217 e. The van der Waals surface area contributed by atoms with Gasteiger partial charge in [-0.15, -0.1) is 0 Å². The van der Waals surface area contributed by atoms with Gasteiger partial charge in [0.1, 0.15) is 0 Å². The molecule has 0 radical (unpaired) electrons. The van der Waals surface area contributed by atoms with Crippen LogP contribution in [-0.2, 0) is 4.79 Å². The van der Waals surface area contributed by atoms with Crippen molar-refractivity contribution < 1.29 is 4.79 Å². The van der Waals surface area contributed by atoms with Crippen molar-refractivity contribution in [1.82, 2.24) is 5.32 Å². The summed E-state index contributed by atoms with van der Waals surface area (Å²) < 4.78 is 0. The first-order chi connectivity index (χ1) is 5.20. The summed E-state index contributed by atoms with van der Waals surface area (Å²) in [4.78, 5) is 10.5. The molecule has 0 aliphatic carbocycles. The summed E-state index contributed by atoms with van der Waals surface area (Å²) in [6.45, 7) is 6.05. The molecule has 0 fully saturated rings. The molecule has 0 atom stereocenters. The van der Waals surface area contributed by atoms with E-state index in [0.717, 1.165) is 5.57 Å². The third-order valence-corrected chi connectivity index (χ3v) is 1.29. The largest absolute Gasteiger partial charge is 0.352 e. The van der Waals surface area contributed by atoms with Crippen LogP contribution in [0.1, 0.15) is 20.8 Å². The third kappa shape index (κ3) is 5.40. The van der Waals surface area contributed by atoms with E-state index in [1.54, 1.807) is 0 Å². The molecule has 62 valence electrons. The molecule has 0 aromatic rings. The minimum absolute atomic E-state index is 0.00820. The minimum atomic E-state index is 0.00820. The van der Waals surface area contributed by atoms with Crippen molar-refractivity contribution in [3.63, 3.8) is 0 Å². The average Bonchev–Trinajstić information content (AvgIpc) is 1.97. The van der Waals surface area contributed by atoms with Crippen LogP contribution in [0.2, 0.25) is 0 Å². The summed E-state index contributed by atoms with van der Waals surface area (Å²) in [5.41, 5.74) is 1.13. The predicted molar refractivity (Wildman–Crippen MR) is 47.3 cm³/mol. The Morgan fingerprint density at radius 1 is 1.45 bits per heavy atom. The summed E-state index contributed by atoms with van der Waals surface area (Å²) in [5.74, 6) is 0.00820. The highest BCUT2D eigenvalue weighted by Gasteiger charge is 1.91. The van der Waals surface area contributed by atoms with Crippen LogP contribution in [-0.4, -0.2) is 12.5 Å². The fourth-order valence-corrected chi connectivity index (χ4v) is 0.698. The molecule has 0 spiro atoms. The number of carbonyl (C=O) groups excluding carboxylic acids is 1. The van der Waals surface area contributed by atoms with Gasteiger partial charge in [-0.3, -0.25) is 4.79 Å². The number of hydrogen-bond donors (Lipinski definition) is 1. The molecule has 0 saturated carbocycles. The molecule has 0 aliphatic heterocycles.